The molecule has 0 radical (unpaired) electrons. The van der Waals surface area contributed by atoms with Crippen molar-refractivity contribution in [1.82, 2.24) is 10.3 Å². The highest BCUT2D eigenvalue weighted by molar-refractivity contribution is 9.10. The molecule has 1 N–H and O–H groups in total. The SMILES string of the molecule is CCC(C)(CNC(C)C)Cc1cncc(Br)c1. The molecule has 0 saturated carbocycles. The minimum Gasteiger partial charge on any atom is -0.314 e. The second-order valence-electron chi connectivity index (χ2n) is 5.39. The largest absolute Gasteiger partial charge is 0.314 e. The fourth-order valence-corrected chi connectivity index (χ4v) is 2.22. The van der Waals surface area contributed by atoms with Gasteiger partial charge in [0.15, 0.2) is 0 Å². The lowest BCUT2D eigenvalue weighted by molar-refractivity contribution is 0.281. The summed E-state index contributed by atoms with van der Waals surface area (Å²) in [7, 11) is 0. The Labute approximate surface area is 113 Å². The fourth-order valence-electron chi connectivity index (χ4n) is 1.81. The zero-order chi connectivity index (χ0) is 12.9. The zero-order valence-corrected chi connectivity index (χ0v) is 12.8. The Morgan fingerprint density at radius 3 is 2.65 bits per heavy atom. The molecule has 0 aliphatic rings. The maximum atomic E-state index is 4.23. The first kappa shape index (κ1) is 14.7. The molecule has 0 aliphatic carbocycles. The van der Waals surface area contributed by atoms with Crippen LogP contribution >= 0.6 is 15.9 Å². The number of halogens is 1. The van der Waals surface area contributed by atoms with E-state index in [0.29, 0.717) is 11.5 Å². The quantitative estimate of drug-likeness (QED) is 0.864. The predicted molar refractivity (Wildman–Crippen MR) is 77.2 cm³/mol. The molecule has 0 aliphatic heterocycles. The maximum Gasteiger partial charge on any atom is 0.0410 e. The van der Waals surface area contributed by atoms with Crippen LogP contribution in [0.1, 0.15) is 39.7 Å². The summed E-state index contributed by atoms with van der Waals surface area (Å²) in [5, 5.41) is 3.54. The van der Waals surface area contributed by atoms with E-state index in [1.807, 2.05) is 12.4 Å². The van der Waals surface area contributed by atoms with Gasteiger partial charge in [-0.25, -0.2) is 0 Å². The standard InChI is InChI=1S/C14H23BrN2/c1-5-14(4,10-17-11(2)3)7-12-6-13(15)9-16-8-12/h6,8-9,11,17H,5,7,10H2,1-4H3. The van der Waals surface area contributed by atoms with Crippen LogP contribution in [-0.4, -0.2) is 17.6 Å². The fraction of sp³-hybridized carbons (Fsp3) is 0.643. The Bertz CT molecular complexity index is 352. The molecule has 1 rings (SSSR count). The summed E-state index contributed by atoms with van der Waals surface area (Å²) in [5.41, 5.74) is 1.60. The molecule has 17 heavy (non-hydrogen) atoms. The van der Waals surface area contributed by atoms with Crippen molar-refractivity contribution in [1.29, 1.82) is 0 Å². The third-order valence-electron chi connectivity index (χ3n) is 3.18. The number of pyridine rings is 1. The van der Waals surface area contributed by atoms with Crippen LogP contribution in [-0.2, 0) is 6.42 Å². The summed E-state index contributed by atoms with van der Waals surface area (Å²) in [6, 6.07) is 2.71. The number of hydrogen-bond acceptors (Lipinski definition) is 2. The number of nitrogens with one attached hydrogen (secondary N) is 1. The first-order chi connectivity index (χ1) is 7.95. The molecule has 1 atom stereocenters. The van der Waals surface area contributed by atoms with E-state index in [9.17, 15) is 0 Å². The normalized spacial score (nSPS) is 14.9. The zero-order valence-electron chi connectivity index (χ0n) is 11.3. The van der Waals surface area contributed by atoms with Crippen molar-refractivity contribution in [2.24, 2.45) is 5.41 Å². The third kappa shape index (κ3) is 5.17. The average Bonchev–Trinajstić information content (AvgIpc) is 2.26. The highest BCUT2D eigenvalue weighted by Crippen LogP contribution is 2.26. The van der Waals surface area contributed by atoms with E-state index in [1.165, 1.54) is 12.0 Å². The molecule has 0 aromatic carbocycles. The van der Waals surface area contributed by atoms with Gasteiger partial charge in [-0.2, -0.15) is 0 Å². The molecule has 1 heterocycles. The lowest BCUT2D eigenvalue weighted by Gasteiger charge is -2.30. The van der Waals surface area contributed by atoms with Gasteiger partial charge in [0.2, 0.25) is 0 Å². The number of aromatic nitrogens is 1. The third-order valence-corrected chi connectivity index (χ3v) is 3.62. The molecule has 2 nitrogen and oxygen atoms in total. The Balaban J connectivity index is 2.67. The van der Waals surface area contributed by atoms with Crippen LogP contribution in [0.4, 0.5) is 0 Å². The molecule has 0 spiro atoms. The second kappa shape index (κ2) is 6.50. The van der Waals surface area contributed by atoms with Gasteiger partial charge >= 0.3 is 0 Å². The monoisotopic (exact) mass is 298 g/mol. The topological polar surface area (TPSA) is 24.9 Å². The van der Waals surface area contributed by atoms with Crippen molar-refractivity contribution >= 4 is 15.9 Å². The van der Waals surface area contributed by atoms with E-state index in [0.717, 1.165) is 17.4 Å². The van der Waals surface area contributed by atoms with Crippen LogP contribution in [0.15, 0.2) is 22.9 Å². The first-order valence-corrected chi connectivity index (χ1v) is 7.07. The van der Waals surface area contributed by atoms with Crippen molar-refractivity contribution in [2.45, 2.75) is 46.6 Å². The minimum absolute atomic E-state index is 0.298. The van der Waals surface area contributed by atoms with Gasteiger partial charge in [-0.1, -0.05) is 27.7 Å². The Morgan fingerprint density at radius 2 is 2.12 bits per heavy atom. The molecule has 1 unspecified atom stereocenters. The van der Waals surface area contributed by atoms with Gasteiger partial charge in [-0.3, -0.25) is 4.98 Å². The number of rotatable bonds is 6. The van der Waals surface area contributed by atoms with Gasteiger partial charge in [0.05, 0.1) is 0 Å². The molecule has 3 heteroatoms. The van der Waals surface area contributed by atoms with Gasteiger partial charge < -0.3 is 5.32 Å². The van der Waals surface area contributed by atoms with E-state index < -0.39 is 0 Å². The molecule has 0 saturated heterocycles. The molecule has 0 fully saturated rings. The van der Waals surface area contributed by atoms with Crippen LogP contribution in [0.5, 0.6) is 0 Å². The van der Waals surface area contributed by atoms with E-state index in [1.54, 1.807) is 0 Å². The molecule has 1 aromatic rings. The van der Waals surface area contributed by atoms with Gasteiger partial charge in [0, 0.05) is 29.5 Å². The number of hydrogen-bond donors (Lipinski definition) is 1. The van der Waals surface area contributed by atoms with Gasteiger partial charge in [0.1, 0.15) is 0 Å². The molecule has 0 bridgehead atoms. The minimum atomic E-state index is 0.298. The van der Waals surface area contributed by atoms with Crippen LogP contribution in [0.2, 0.25) is 0 Å². The first-order valence-electron chi connectivity index (χ1n) is 6.28. The van der Waals surface area contributed by atoms with Crippen LogP contribution in [0.25, 0.3) is 0 Å². The Morgan fingerprint density at radius 1 is 1.41 bits per heavy atom. The lowest BCUT2D eigenvalue weighted by Crippen LogP contribution is -2.36. The van der Waals surface area contributed by atoms with E-state index >= 15 is 0 Å². The van der Waals surface area contributed by atoms with Crippen molar-refractivity contribution in [2.75, 3.05) is 6.54 Å². The number of nitrogens with zero attached hydrogens (tertiary/aromatic N) is 1. The smallest absolute Gasteiger partial charge is 0.0410 e. The summed E-state index contributed by atoms with van der Waals surface area (Å²) in [4.78, 5) is 4.23. The highest BCUT2D eigenvalue weighted by Gasteiger charge is 2.22. The summed E-state index contributed by atoms with van der Waals surface area (Å²) < 4.78 is 1.06. The summed E-state index contributed by atoms with van der Waals surface area (Å²) >= 11 is 3.48. The van der Waals surface area contributed by atoms with E-state index in [4.69, 9.17) is 0 Å². The molecule has 1 aromatic heterocycles. The maximum absolute atomic E-state index is 4.23. The van der Waals surface area contributed by atoms with E-state index in [-0.39, 0.29) is 0 Å². The summed E-state index contributed by atoms with van der Waals surface area (Å²) in [6.45, 7) is 10.0. The summed E-state index contributed by atoms with van der Waals surface area (Å²) in [6.07, 6.45) is 6.03. The second-order valence-corrected chi connectivity index (χ2v) is 6.30. The van der Waals surface area contributed by atoms with Crippen LogP contribution in [0, 0.1) is 5.41 Å². The Kier molecular flexibility index (Phi) is 5.60. The summed E-state index contributed by atoms with van der Waals surface area (Å²) in [5.74, 6) is 0. The van der Waals surface area contributed by atoms with Crippen molar-refractivity contribution in [3.8, 4) is 0 Å². The average molecular weight is 299 g/mol. The van der Waals surface area contributed by atoms with E-state index in [2.05, 4.69) is 60.0 Å². The lowest BCUT2D eigenvalue weighted by atomic mass is 9.81. The Hall–Kier alpha value is -0.410. The van der Waals surface area contributed by atoms with Gasteiger partial charge in [-0.15, -0.1) is 0 Å². The molecular weight excluding hydrogens is 276 g/mol. The van der Waals surface area contributed by atoms with Crippen molar-refractivity contribution in [3.05, 3.63) is 28.5 Å². The van der Waals surface area contributed by atoms with Crippen molar-refractivity contribution in [3.63, 3.8) is 0 Å². The van der Waals surface area contributed by atoms with Gasteiger partial charge in [0.25, 0.3) is 0 Å². The van der Waals surface area contributed by atoms with Crippen LogP contribution < -0.4 is 5.32 Å². The predicted octanol–water partition coefficient (Wildman–Crippen LogP) is 3.80. The highest BCUT2D eigenvalue weighted by atomic mass is 79.9. The van der Waals surface area contributed by atoms with Crippen molar-refractivity contribution < 1.29 is 0 Å². The molecule has 0 amide bonds. The van der Waals surface area contributed by atoms with Crippen LogP contribution in [0.3, 0.4) is 0 Å². The van der Waals surface area contributed by atoms with Gasteiger partial charge in [-0.05, 0) is 45.8 Å². The molecule has 96 valence electrons. The molecular formula is C14H23BrN2.